The van der Waals surface area contributed by atoms with Crippen LogP contribution in [0.2, 0.25) is 0 Å². The SMILES string of the molecule is CC(=O)N[C@H]1[C@H](O[C@H]2[C@@H](O)[C@@H](CO)O[C@@H](O[C@H]3[C@H](O)[C@@H](O)[C@H](OC[C@@H](CO)NC=O)O[C@@H]3CO)[C@@H]2O)O[C@H](CO)[C@@H](O)[C@@H]1O[C@@H]1O[C@H](CO)[C@H](O)[C@H](O[C@]2(C(=O)O)C[C@H](O)[C@@H](NC(C)=O)[C@H]([C@H](O)[C@@H](CO)O[C@]3(C(=O)O)C[C@H](O)[C@@H](NC(C)=O)[C@H]([C@H](O)[C@H](O)CO)O3)O2)[C@H]1O. The number of aliphatic hydroxyl groups excluding tert-OH is 19. The molecule has 43 heteroatoms. The van der Waals surface area contributed by atoms with Crippen LogP contribution in [0.3, 0.4) is 0 Å². The molecule has 43 nitrogen and oxygen atoms in total. The Morgan fingerprint density at radius 2 is 0.926 bits per heavy atom. The Morgan fingerprint density at radius 1 is 0.495 bits per heavy atom. The van der Waals surface area contributed by atoms with E-state index >= 15 is 0 Å². The number of hydrogen-bond acceptors (Lipinski definition) is 37. The smallest absolute Gasteiger partial charge is 0.364 e. The average Bonchev–Trinajstić information content (AvgIpc) is 0.761. The Morgan fingerprint density at radius 3 is 1.40 bits per heavy atom. The van der Waals surface area contributed by atoms with Crippen molar-refractivity contribution in [2.24, 2.45) is 0 Å². The van der Waals surface area contributed by atoms with Crippen LogP contribution in [-0.4, -0.2) is 397 Å². The molecule has 0 bridgehead atoms. The molecule has 95 heavy (non-hydrogen) atoms. The summed E-state index contributed by atoms with van der Waals surface area (Å²) >= 11 is 0. The summed E-state index contributed by atoms with van der Waals surface area (Å²) < 4.78 is 68.7. The lowest BCUT2D eigenvalue weighted by Crippen LogP contribution is -2.72. The van der Waals surface area contributed by atoms with Crippen LogP contribution in [-0.2, 0) is 85.6 Å². The molecule has 0 unspecified atom stereocenters. The van der Waals surface area contributed by atoms with Crippen LogP contribution in [0, 0.1) is 0 Å². The maximum atomic E-state index is 13.6. The van der Waals surface area contributed by atoms with Crippen LogP contribution >= 0.6 is 0 Å². The van der Waals surface area contributed by atoms with E-state index in [-0.39, 0.29) is 6.41 Å². The second-order valence-electron chi connectivity index (χ2n) is 23.3. The molecule has 4 amide bonds. The normalized spacial score (nSPS) is 42.5. The lowest BCUT2D eigenvalue weighted by atomic mass is 9.87. The van der Waals surface area contributed by atoms with Crippen LogP contribution in [0.25, 0.3) is 0 Å². The van der Waals surface area contributed by atoms with Gasteiger partial charge in [0.1, 0.15) is 134 Å². The van der Waals surface area contributed by atoms with Crippen molar-refractivity contribution in [1.29, 1.82) is 0 Å². The standard InChI is InChI=1S/C52H86N4O39/c1-15(65)54-27-19(68)4-51(49(80)81,93-41(27)30(71)21(70)7-58)92-25(11-62)34(75)42-28(55-16(2)66)20(69)5-52(94-42,50(82)83)95-44-33(74)24(10-61)87-48(38(44)79)90-40-29(56-17(3)67)45(85-22(8-59)31(40)72)91-43-32(73)23(9-60)86-47(37(43)78)89-39-26(12-63)88-46(36(77)35(39)76)84-13-18(6-57)53-14-64/h14,18-48,57-63,68-79H,4-13H2,1-3H3,(H,53,64)(H,54,65)(H,55,66)(H,56,67)(H,80,81)(H,82,83)/t18-,19+,20+,21-,22-,23-,24-,25-,26-,27-,28-,29-,30-,31-,32+,33+,34-,35-,36-,37-,38-,39-,40-,41-,42-,43+,44+,45+,46-,47+,48+,51-,52+/m1/s1. The zero-order valence-electron chi connectivity index (χ0n) is 50.8. The van der Waals surface area contributed by atoms with E-state index in [1.54, 1.807) is 0 Å². The number of aliphatic hydroxyl groups is 19. The molecule has 0 aromatic rings. The number of aliphatic carboxylic acids is 2. The van der Waals surface area contributed by atoms with Gasteiger partial charge in [-0.05, 0) is 0 Å². The molecule has 6 aliphatic rings. The van der Waals surface area contributed by atoms with Crippen molar-refractivity contribution in [2.45, 2.75) is 235 Å². The second kappa shape index (κ2) is 34.6. The third kappa shape index (κ3) is 18.0. The van der Waals surface area contributed by atoms with Crippen LogP contribution in [0.4, 0.5) is 0 Å². The van der Waals surface area contributed by atoms with Gasteiger partial charge in [0.25, 0.3) is 11.6 Å². The topological polar surface area (TPSA) is 686 Å². The van der Waals surface area contributed by atoms with Crippen LogP contribution < -0.4 is 21.3 Å². The molecular formula is C52H86N4O39. The summed E-state index contributed by atoms with van der Waals surface area (Å²) in [7, 11) is 0. The number of carbonyl (C=O) groups is 6. The molecule has 6 heterocycles. The molecular weight excluding hydrogens is 1300 g/mol. The molecule has 6 rings (SSSR count). The van der Waals surface area contributed by atoms with E-state index in [1.807, 2.05) is 0 Å². The van der Waals surface area contributed by atoms with Gasteiger partial charge in [0.15, 0.2) is 25.2 Å². The van der Waals surface area contributed by atoms with Gasteiger partial charge < -0.3 is 185 Å². The van der Waals surface area contributed by atoms with Crippen LogP contribution in [0.1, 0.15) is 33.6 Å². The molecule has 6 fully saturated rings. The van der Waals surface area contributed by atoms with Gasteiger partial charge in [-0.15, -0.1) is 0 Å². The molecule has 33 atom stereocenters. The summed E-state index contributed by atoms with van der Waals surface area (Å²) in [5.74, 6) is -14.2. The quantitative estimate of drug-likeness (QED) is 0.0287. The Balaban J connectivity index is 1.29. The highest BCUT2D eigenvalue weighted by atomic mass is 16.8. The van der Waals surface area contributed by atoms with Gasteiger partial charge in [-0.3, -0.25) is 19.2 Å². The summed E-state index contributed by atoms with van der Waals surface area (Å²) in [6, 6.07) is -6.78. The van der Waals surface area contributed by atoms with Gasteiger partial charge in [0.2, 0.25) is 24.1 Å². The number of nitrogens with one attached hydrogen (secondary N) is 4. The first-order chi connectivity index (χ1) is 44.8. The molecule has 548 valence electrons. The van der Waals surface area contributed by atoms with E-state index in [9.17, 15) is 136 Å². The molecule has 6 saturated heterocycles. The lowest BCUT2D eigenvalue weighted by Gasteiger charge is -2.52. The third-order valence-corrected chi connectivity index (χ3v) is 16.6. The van der Waals surface area contributed by atoms with E-state index < -0.39 is 297 Å². The fourth-order valence-electron chi connectivity index (χ4n) is 11.7. The minimum atomic E-state index is -3.52. The summed E-state index contributed by atoms with van der Waals surface area (Å²) in [6.45, 7) is -5.64. The van der Waals surface area contributed by atoms with E-state index in [4.69, 9.17) is 56.8 Å². The Bertz CT molecular complexity index is 2500. The lowest BCUT2D eigenvalue weighted by molar-refractivity contribution is -0.390. The summed E-state index contributed by atoms with van der Waals surface area (Å²) in [5.41, 5.74) is 0. The van der Waals surface area contributed by atoms with Crippen molar-refractivity contribution in [1.82, 2.24) is 21.3 Å². The molecule has 0 aromatic carbocycles. The number of carbonyl (C=O) groups excluding carboxylic acids is 4. The highest BCUT2D eigenvalue weighted by Gasteiger charge is 2.63. The number of hydrogen-bond donors (Lipinski definition) is 25. The Kier molecular flexibility index (Phi) is 29.0. The highest BCUT2D eigenvalue weighted by Crippen LogP contribution is 2.42. The van der Waals surface area contributed by atoms with E-state index in [1.165, 1.54) is 0 Å². The van der Waals surface area contributed by atoms with Gasteiger partial charge in [0.05, 0.1) is 83.2 Å². The van der Waals surface area contributed by atoms with Gasteiger partial charge in [-0.2, -0.15) is 0 Å². The molecule has 6 aliphatic heterocycles. The zero-order chi connectivity index (χ0) is 70.9. The maximum Gasteiger partial charge on any atom is 0.364 e. The van der Waals surface area contributed by atoms with Crippen LogP contribution in [0.15, 0.2) is 0 Å². The number of ether oxygens (including phenoxy) is 12. The first-order valence-electron chi connectivity index (χ1n) is 29.6. The molecule has 0 spiro atoms. The van der Waals surface area contributed by atoms with Crippen LogP contribution in [0.5, 0.6) is 0 Å². The summed E-state index contributed by atoms with van der Waals surface area (Å²) in [4.78, 5) is 75.4. The number of rotatable bonds is 31. The molecule has 0 aromatic heterocycles. The first kappa shape index (κ1) is 79.6. The van der Waals surface area contributed by atoms with E-state index in [0.717, 1.165) is 20.8 Å². The number of carboxylic acids is 2. The molecule has 0 radical (unpaired) electrons. The first-order valence-corrected chi connectivity index (χ1v) is 29.6. The van der Waals surface area contributed by atoms with Crippen molar-refractivity contribution < 1.29 is 193 Å². The minimum Gasteiger partial charge on any atom is -0.477 e. The maximum absolute atomic E-state index is 13.6. The monoisotopic (exact) mass is 1390 g/mol. The molecule has 25 N–H and O–H groups in total. The summed E-state index contributed by atoms with van der Waals surface area (Å²) in [6.07, 6.45) is -61.4. The largest absolute Gasteiger partial charge is 0.477 e. The van der Waals surface area contributed by atoms with Crippen molar-refractivity contribution in [3.63, 3.8) is 0 Å². The summed E-state index contributed by atoms with van der Waals surface area (Å²) in [5, 5.41) is 239. The van der Waals surface area contributed by atoms with Crippen molar-refractivity contribution in [3.8, 4) is 0 Å². The molecule has 0 saturated carbocycles. The number of carboxylic acid groups (broad SMARTS) is 2. The average molecular weight is 1390 g/mol. The van der Waals surface area contributed by atoms with Gasteiger partial charge >= 0.3 is 11.9 Å². The third-order valence-electron chi connectivity index (χ3n) is 16.6. The van der Waals surface area contributed by atoms with Gasteiger partial charge in [0, 0.05) is 33.6 Å². The Labute approximate surface area is 537 Å². The van der Waals surface area contributed by atoms with Gasteiger partial charge in [-0.25, -0.2) is 9.59 Å². The van der Waals surface area contributed by atoms with E-state index in [0.29, 0.717) is 0 Å². The van der Waals surface area contributed by atoms with Crippen molar-refractivity contribution in [2.75, 3.05) is 52.9 Å². The highest BCUT2D eigenvalue weighted by molar-refractivity contribution is 5.77. The van der Waals surface area contributed by atoms with E-state index in [2.05, 4.69) is 21.3 Å². The number of amides is 4. The Hall–Kier alpha value is -4.42. The molecule has 0 aliphatic carbocycles. The fourth-order valence-corrected chi connectivity index (χ4v) is 11.7. The van der Waals surface area contributed by atoms with Crippen molar-refractivity contribution in [3.05, 3.63) is 0 Å². The second-order valence-corrected chi connectivity index (χ2v) is 23.3. The minimum absolute atomic E-state index is 0.246. The van der Waals surface area contributed by atoms with Gasteiger partial charge in [-0.1, -0.05) is 0 Å². The predicted molar refractivity (Wildman–Crippen MR) is 292 cm³/mol. The van der Waals surface area contributed by atoms with Crippen molar-refractivity contribution >= 4 is 36.1 Å². The predicted octanol–water partition coefficient (Wildman–Crippen LogP) is -16.1. The zero-order valence-corrected chi connectivity index (χ0v) is 50.8. The fraction of sp³-hybridized carbons (Fsp3) is 0.885.